The fraction of sp³-hybridized carbons (Fsp3) is 0.143. The van der Waals surface area contributed by atoms with Gasteiger partial charge in [-0.3, -0.25) is 0 Å². The van der Waals surface area contributed by atoms with Crippen molar-refractivity contribution in [2.45, 2.75) is 11.8 Å². The third-order valence-electron chi connectivity index (χ3n) is 1.34. The number of hydrogen-bond acceptors (Lipinski definition) is 3. The third-order valence-corrected chi connectivity index (χ3v) is 2.24. The van der Waals surface area contributed by atoms with E-state index in [1.807, 2.05) is 6.92 Å². The smallest absolute Gasteiger partial charge is 0.112 e. The molecular formula is C7H10O3S. The van der Waals surface area contributed by atoms with Crippen LogP contribution in [-0.2, 0) is 0 Å². The molecular weight excluding hydrogens is 164 g/mol. The van der Waals surface area contributed by atoms with Gasteiger partial charge in [-0.25, -0.2) is 0 Å². The molecule has 62 valence electrons. The molecule has 0 bridgehead atoms. The summed E-state index contributed by atoms with van der Waals surface area (Å²) >= 11 is 0. The molecule has 0 atom stereocenters. The normalized spacial score (nSPS) is 13.1. The van der Waals surface area contributed by atoms with Crippen molar-refractivity contribution in [1.82, 2.24) is 0 Å². The van der Waals surface area contributed by atoms with Crippen molar-refractivity contribution >= 4 is 10.9 Å². The average molecular weight is 174 g/mol. The molecule has 0 aliphatic heterocycles. The predicted molar refractivity (Wildman–Crippen MR) is 44.9 cm³/mol. The van der Waals surface area contributed by atoms with Gasteiger partial charge in [0.25, 0.3) is 0 Å². The zero-order chi connectivity index (χ0) is 8.48. The average Bonchev–Trinajstić information content (AvgIpc) is 1.86. The summed E-state index contributed by atoms with van der Waals surface area (Å²) in [6.07, 6.45) is 0. The molecule has 0 unspecified atom stereocenters. The van der Waals surface area contributed by atoms with Crippen LogP contribution in [0, 0.1) is 6.92 Å². The highest BCUT2D eigenvalue weighted by Gasteiger charge is 2.13. The maximum Gasteiger partial charge on any atom is 0.112 e. The van der Waals surface area contributed by atoms with Crippen LogP contribution in [0.15, 0.2) is 29.2 Å². The Balaban J connectivity index is 2.99. The Hall–Kier alpha value is -0.550. The third kappa shape index (κ3) is 2.20. The number of rotatable bonds is 1. The summed E-state index contributed by atoms with van der Waals surface area (Å²) in [7, 11) is -3.52. The lowest BCUT2D eigenvalue weighted by molar-refractivity contribution is 0.376. The topological polar surface area (TPSA) is 60.7 Å². The molecule has 1 aromatic carbocycles. The summed E-state index contributed by atoms with van der Waals surface area (Å²) < 4.78 is 26.3. The summed E-state index contributed by atoms with van der Waals surface area (Å²) in [5.41, 5.74) is 1.01. The molecule has 4 heteroatoms. The first-order chi connectivity index (χ1) is 5.00. The van der Waals surface area contributed by atoms with Gasteiger partial charge < -0.3 is 13.7 Å². The zero-order valence-electron chi connectivity index (χ0n) is 6.06. The zero-order valence-corrected chi connectivity index (χ0v) is 6.88. The van der Waals surface area contributed by atoms with Gasteiger partial charge in [-0.1, -0.05) is 17.7 Å². The summed E-state index contributed by atoms with van der Waals surface area (Å²) in [6.45, 7) is 1.88. The van der Waals surface area contributed by atoms with Crippen LogP contribution >= 0.6 is 10.9 Å². The lowest BCUT2D eigenvalue weighted by atomic mass is 10.2. The molecule has 3 nitrogen and oxygen atoms in total. The molecule has 0 saturated carbocycles. The first-order valence-corrected chi connectivity index (χ1v) is 4.58. The largest absolute Gasteiger partial charge is 0.304 e. The number of aryl methyl sites for hydroxylation is 1. The minimum Gasteiger partial charge on any atom is -0.304 e. The van der Waals surface area contributed by atoms with E-state index in [0.29, 0.717) is 0 Å². The molecule has 0 radical (unpaired) electrons. The standard InChI is InChI=1S/C7H10O3S/c1-6-2-4-7(5-3-6)11(8,9)10/h2-5,8-10H,1H3. The van der Waals surface area contributed by atoms with E-state index in [1.54, 1.807) is 12.1 Å². The van der Waals surface area contributed by atoms with Crippen LogP contribution in [0.2, 0.25) is 0 Å². The van der Waals surface area contributed by atoms with E-state index >= 15 is 0 Å². The van der Waals surface area contributed by atoms with Crippen molar-refractivity contribution in [3.8, 4) is 0 Å². The second-order valence-corrected chi connectivity index (χ2v) is 3.84. The first-order valence-electron chi connectivity index (χ1n) is 3.07. The van der Waals surface area contributed by atoms with Crippen molar-refractivity contribution in [1.29, 1.82) is 0 Å². The summed E-state index contributed by atoms with van der Waals surface area (Å²) in [5.74, 6) is 0. The van der Waals surface area contributed by atoms with E-state index in [1.165, 1.54) is 12.1 Å². The highest BCUT2D eigenvalue weighted by molar-refractivity contribution is 8.19. The Bertz CT molecular complexity index is 237. The van der Waals surface area contributed by atoms with E-state index in [4.69, 9.17) is 13.7 Å². The van der Waals surface area contributed by atoms with E-state index in [2.05, 4.69) is 0 Å². The van der Waals surface area contributed by atoms with Crippen LogP contribution in [0.1, 0.15) is 5.56 Å². The monoisotopic (exact) mass is 174 g/mol. The first kappa shape index (κ1) is 8.55. The van der Waals surface area contributed by atoms with E-state index in [-0.39, 0.29) is 4.90 Å². The maximum atomic E-state index is 8.77. The lowest BCUT2D eigenvalue weighted by Crippen LogP contribution is -1.94. The molecule has 0 aromatic heterocycles. The highest BCUT2D eigenvalue weighted by atomic mass is 32.3. The molecule has 1 aromatic rings. The van der Waals surface area contributed by atoms with E-state index < -0.39 is 10.9 Å². The van der Waals surface area contributed by atoms with Crippen molar-refractivity contribution in [3.05, 3.63) is 29.8 Å². The van der Waals surface area contributed by atoms with E-state index in [0.717, 1.165) is 5.56 Å². The minimum atomic E-state index is -3.52. The van der Waals surface area contributed by atoms with Crippen molar-refractivity contribution in [2.75, 3.05) is 0 Å². The molecule has 3 N–H and O–H groups in total. The Kier molecular flexibility index (Phi) is 2.20. The molecule has 0 fully saturated rings. The Morgan fingerprint density at radius 1 is 1.00 bits per heavy atom. The quantitative estimate of drug-likeness (QED) is 0.613. The predicted octanol–water partition coefficient (Wildman–Crippen LogP) is 2.58. The lowest BCUT2D eigenvalue weighted by Gasteiger charge is -2.18. The highest BCUT2D eigenvalue weighted by Crippen LogP contribution is 2.42. The van der Waals surface area contributed by atoms with Crippen molar-refractivity contribution in [3.63, 3.8) is 0 Å². The fourth-order valence-electron chi connectivity index (χ4n) is 0.721. The van der Waals surface area contributed by atoms with E-state index in [9.17, 15) is 0 Å². The minimum absolute atomic E-state index is 0.156. The van der Waals surface area contributed by atoms with Gasteiger partial charge in [0, 0.05) is 0 Å². The van der Waals surface area contributed by atoms with Crippen molar-refractivity contribution in [2.24, 2.45) is 0 Å². The van der Waals surface area contributed by atoms with Gasteiger partial charge in [-0.2, -0.15) is 0 Å². The molecule has 0 spiro atoms. The van der Waals surface area contributed by atoms with Crippen LogP contribution in [0.25, 0.3) is 0 Å². The van der Waals surface area contributed by atoms with Gasteiger partial charge in [0.2, 0.25) is 0 Å². The van der Waals surface area contributed by atoms with Gasteiger partial charge >= 0.3 is 0 Å². The SMILES string of the molecule is Cc1ccc(S(O)(O)O)cc1. The van der Waals surface area contributed by atoms with Crippen LogP contribution in [0.3, 0.4) is 0 Å². The number of benzene rings is 1. The maximum absolute atomic E-state index is 8.77. The molecule has 0 aliphatic rings. The Morgan fingerprint density at radius 3 is 1.82 bits per heavy atom. The molecule has 1 rings (SSSR count). The Morgan fingerprint density at radius 2 is 1.45 bits per heavy atom. The van der Waals surface area contributed by atoms with Gasteiger partial charge in [0.05, 0.1) is 4.90 Å². The summed E-state index contributed by atoms with van der Waals surface area (Å²) in [5, 5.41) is 0. The van der Waals surface area contributed by atoms with Crippen LogP contribution in [0.5, 0.6) is 0 Å². The summed E-state index contributed by atoms with van der Waals surface area (Å²) in [4.78, 5) is 0.156. The molecule has 0 saturated heterocycles. The van der Waals surface area contributed by atoms with Crippen LogP contribution in [-0.4, -0.2) is 13.7 Å². The second kappa shape index (κ2) is 2.83. The summed E-state index contributed by atoms with van der Waals surface area (Å²) in [6, 6.07) is 6.40. The fourth-order valence-corrected chi connectivity index (χ4v) is 1.22. The van der Waals surface area contributed by atoms with Crippen LogP contribution < -0.4 is 0 Å². The Labute approximate surface area is 66.9 Å². The second-order valence-electron chi connectivity index (χ2n) is 2.33. The molecule has 0 amide bonds. The van der Waals surface area contributed by atoms with Gasteiger partial charge in [0.1, 0.15) is 10.9 Å². The molecule has 0 heterocycles. The van der Waals surface area contributed by atoms with Gasteiger partial charge in [-0.05, 0) is 19.1 Å². The van der Waals surface area contributed by atoms with Crippen molar-refractivity contribution < 1.29 is 13.7 Å². The molecule has 0 aliphatic carbocycles. The molecule has 11 heavy (non-hydrogen) atoms. The van der Waals surface area contributed by atoms with Crippen LogP contribution in [0.4, 0.5) is 0 Å². The number of hydrogen-bond donors (Lipinski definition) is 3. The van der Waals surface area contributed by atoms with Gasteiger partial charge in [-0.15, -0.1) is 0 Å². The van der Waals surface area contributed by atoms with Gasteiger partial charge in [0.15, 0.2) is 0 Å².